The van der Waals surface area contributed by atoms with Crippen molar-refractivity contribution < 1.29 is 14.4 Å². The first-order valence-electron chi connectivity index (χ1n) is 5.85. The minimum Gasteiger partial charge on any atom is -0.368 e. The Balaban J connectivity index is 2.75. The van der Waals surface area contributed by atoms with Gasteiger partial charge in [-0.25, -0.2) is 0 Å². The summed E-state index contributed by atoms with van der Waals surface area (Å²) in [6, 6.07) is 5.30. The molecule has 20 heavy (non-hydrogen) atoms. The van der Waals surface area contributed by atoms with Crippen molar-refractivity contribution in [3.05, 3.63) is 29.8 Å². The second-order valence-electron chi connectivity index (χ2n) is 4.10. The summed E-state index contributed by atoms with van der Waals surface area (Å²) in [7, 11) is 0. The summed E-state index contributed by atoms with van der Waals surface area (Å²) in [5, 5.41) is 5.03. The summed E-state index contributed by atoms with van der Waals surface area (Å²) in [5.41, 5.74) is 6.04. The quantitative estimate of drug-likeness (QED) is 0.670. The lowest BCUT2D eigenvalue weighted by Crippen LogP contribution is -2.44. The number of hydrogen-bond donors (Lipinski definition) is 3. The van der Waals surface area contributed by atoms with Crippen molar-refractivity contribution in [2.24, 2.45) is 5.73 Å². The highest BCUT2D eigenvalue weighted by Crippen LogP contribution is 2.09. The van der Waals surface area contributed by atoms with Gasteiger partial charge in [-0.15, -0.1) is 12.3 Å². The van der Waals surface area contributed by atoms with Crippen LogP contribution >= 0.6 is 0 Å². The Kier molecular flexibility index (Phi) is 5.30. The Labute approximate surface area is 116 Å². The summed E-state index contributed by atoms with van der Waals surface area (Å²) in [6.07, 6.45) is 5.13. The van der Waals surface area contributed by atoms with E-state index >= 15 is 0 Å². The van der Waals surface area contributed by atoms with Crippen molar-refractivity contribution in [1.82, 2.24) is 5.32 Å². The molecule has 0 heterocycles. The zero-order valence-electron chi connectivity index (χ0n) is 11.0. The molecular formula is C14H15N3O3. The molecule has 0 saturated carbocycles. The van der Waals surface area contributed by atoms with E-state index in [-0.39, 0.29) is 12.3 Å². The molecule has 0 aliphatic rings. The summed E-state index contributed by atoms with van der Waals surface area (Å²) >= 11 is 0. The molecule has 0 fully saturated rings. The topological polar surface area (TPSA) is 101 Å². The second-order valence-corrected chi connectivity index (χ2v) is 4.10. The maximum Gasteiger partial charge on any atom is 0.251 e. The maximum atomic E-state index is 11.9. The first-order valence-corrected chi connectivity index (χ1v) is 5.85. The highest BCUT2D eigenvalue weighted by molar-refractivity contribution is 5.98. The van der Waals surface area contributed by atoms with Crippen molar-refractivity contribution >= 4 is 23.4 Å². The lowest BCUT2D eigenvalue weighted by atomic mass is 10.1. The van der Waals surface area contributed by atoms with Crippen molar-refractivity contribution in [2.45, 2.75) is 19.4 Å². The van der Waals surface area contributed by atoms with E-state index in [1.807, 2.05) is 0 Å². The van der Waals surface area contributed by atoms with Crippen LogP contribution in [0.15, 0.2) is 24.3 Å². The number of anilines is 1. The highest BCUT2D eigenvalue weighted by Gasteiger charge is 2.17. The zero-order chi connectivity index (χ0) is 15.1. The van der Waals surface area contributed by atoms with Crippen molar-refractivity contribution in [3.63, 3.8) is 0 Å². The standard InChI is InChI=1S/C14H15N3O3/c1-3-4-12(13(15)19)17-14(20)10-5-7-11(8-6-10)16-9(2)18/h1,5-8,12H,4H2,2H3,(H2,15,19)(H,16,18)(H,17,20)/t12-/m1/s1. The van der Waals surface area contributed by atoms with E-state index in [1.165, 1.54) is 19.1 Å². The number of carbonyl (C=O) groups is 3. The Morgan fingerprint density at radius 2 is 1.90 bits per heavy atom. The molecule has 1 aromatic rings. The van der Waals surface area contributed by atoms with Crippen LogP contribution in [0.25, 0.3) is 0 Å². The number of terminal acetylenes is 1. The molecule has 3 amide bonds. The summed E-state index contributed by atoms with van der Waals surface area (Å²) in [4.78, 5) is 33.9. The van der Waals surface area contributed by atoms with Crippen LogP contribution in [0.2, 0.25) is 0 Å². The van der Waals surface area contributed by atoms with Crippen LogP contribution in [-0.2, 0) is 9.59 Å². The third-order valence-corrected chi connectivity index (χ3v) is 2.44. The Morgan fingerprint density at radius 3 is 2.35 bits per heavy atom. The Hall–Kier alpha value is -2.81. The smallest absolute Gasteiger partial charge is 0.251 e. The van der Waals surface area contributed by atoms with Crippen LogP contribution < -0.4 is 16.4 Å². The molecule has 0 radical (unpaired) electrons. The van der Waals surface area contributed by atoms with Gasteiger partial charge in [-0.05, 0) is 24.3 Å². The van der Waals surface area contributed by atoms with Gasteiger partial charge in [-0.3, -0.25) is 14.4 Å². The van der Waals surface area contributed by atoms with E-state index in [2.05, 4.69) is 16.6 Å². The minimum atomic E-state index is -0.900. The van der Waals surface area contributed by atoms with Crippen LogP contribution in [0.1, 0.15) is 23.7 Å². The molecule has 0 bridgehead atoms. The number of rotatable bonds is 5. The molecule has 104 valence electrons. The molecular weight excluding hydrogens is 258 g/mol. The number of nitrogens with one attached hydrogen (secondary N) is 2. The summed E-state index contributed by atoms with van der Waals surface area (Å²) in [6.45, 7) is 1.39. The number of hydrogen-bond acceptors (Lipinski definition) is 3. The van der Waals surface area contributed by atoms with Crippen molar-refractivity contribution in [1.29, 1.82) is 0 Å². The molecule has 1 atom stereocenters. The molecule has 4 N–H and O–H groups in total. The van der Waals surface area contributed by atoms with Crippen LogP contribution in [-0.4, -0.2) is 23.8 Å². The normalized spacial score (nSPS) is 11.0. The molecule has 0 aromatic heterocycles. The van der Waals surface area contributed by atoms with E-state index in [0.717, 1.165) is 0 Å². The number of benzene rings is 1. The predicted octanol–water partition coefficient (Wildman–Crippen LogP) is 0.252. The van der Waals surface area contributed by atoms with Crippen LogP contribution in [0.3, 0.4) is 0 Å². The molecule has 1 rings (SSSR count). The molecule has 6 nitrogen and oxygen atoms in total. The van der Waals surface area contributed by atoms with E-state index in [9.17, 15) is 14.4 Å². The van der Waals surface area contributed by atoms with Gasteiger partial charge in [0.05, 0.1) is 0 Å². The van der Waals surface area contributed by atoms with E-state index in [0.29, 0.717) is 11.3 Å². The lowest BCUT2D eigenvalue weighted by molar-refractivity contribution is -0.119. The third-order valence-electron chi connectivity index (χ3n) is 2.44. The molecule has 0 aliphatic carbocycles. The van der Waals surface area contributed by atoms with Crippen molar-refractivity contribution in [2.75, 3.05) is 5.32 Å². The van der Waals surface area contributed by atoms with Crippen molar-refractivity contribution in [3.8, 4) is 12.3 Å². The van der Waals surface area contributed by atoms with E-state index in [4.69, 9.17) is 12.2 Å². The number of carbonyl (C=O) groups excluding carboxylic acids is 3. The molecule has 0 spiro atoms. The van der Waals surface area contributed by atoms with Gasteiger partial charge in [0, 0.05) is 24.6 Å². The number of amides is 3. The van der Waals surface area contributed by atoms with Gasteiger partial charge in [0.1, 0.15) is 6.04 Å². The monoisotopic (exact) mass is 273 g/mol. The van der Waals surface area contributed by atoms with Gasteiger partial charge in [-0.2, -0.15) is 0 Å². The van der Waals surface area contributed by atoms with E-state index < -0.39 is 17.9 Å². The highest BCUT2D eigenvalue weighted by atomic mass is 16.2. The summed E-state index contributed by atoms with van der Waals surface area (Å²) < 4.78 is 0. The second kappa shape index (κ2) is 6.95. The van der Waals surface area contributed by atoms with Crippen LogP contribution in [0, 0.1) is 12.3 Å². The molecule has 0 aliphatic heterocycles. The fourth-order valence-corrected chi connectivity index (χ4v) is 1.49. The van der Waals surface area contributed by atoms with Gasteiger partial charge < -0.3 is 16.4 Å². The first kappa shape index (κ1) is 15.2. The summed E-state index contributed by atoms with van der Waals surface area (Å²) in [5.74, 6) is 0.921. The molecule has 6 heteroatoms. The maximum absolute atomic E-state index is 11.9. The molecule has 0 unspecified atom stereocenters. The van der Waals surface area contributed by atoms with Gasteiger partial charge >= 0.3 is 0 Å². The third kappa shape index (κ3) is 4.46. The number of nitrogens with two attached hydrogens (primary N) is 1. The largest absolute Gasteiger partial charge is 0.368 e. The van der Waals surface area contributed by atoms with Crippen LogP contribution in [0.5, 0.6) is 0 Å². The fraction of sp³-hybridized carbons (Fsp3) is 0.214. The average molecular weight is 273 g/mol. The fourth-order valence-electron chi connectivity index (χ4n) is 1.49. The number of primary amides is 1. The van der Waals surface area contributed by atoms with Gasteiger partial charge in [0.2, 0.25) is 11.8 Å². The van der Waals surface area contributed by atoms with Gasteiger partial charge in [0.25, 0.3) is 5.91 Å². The average Bonchev–Trinajstić information content (AvgIpc) is 2.38. The SMILES string of the molecule is C#CC[C@@H](NC(=O)c1ccc(NC(C)=O)cc1)C(N)=O. The first-order chi connectivity index (χ1) is 9.43. The lowest BCUT2D eigenvalue weighted by Gasteiger charge is -2.13. The minimum absolute atomic E-state index is 0.0328. The van der Waals surface area contributed by atoms with Gasteiger partial charge in [-0.1, -0.05) is 0 Å². The molecule has 1 aromatic carbocycles. The molecule has 0 saturated heterocycles. The van der Waals surface area contributed by atoms with E-state index in [1.54, 1.807) is 12.1 Å². The zero-order valence-corrected chi connectivity index (χ0v) is 11.0. The Bertz CT molecular complexity index is 558. The predicted molar refractivity (Wildman–Crippen MR) is 74.6 cm³/mol. The Morgan fingerprint density at radius 1 is 1.30 bits per heavy atom. The van der Waals surface area contributed by atoms with Gasteiger partial charge in [0.15, 0.2) is 0 Å². The van der Waals surface area contributed by atoms with Crippen LogP contribution in [0.4, 0.5) is 5.69 Å².